The van der Waals surface area contributed by atoms with Crippen LogP contribution < -0.4 is 5.32 Å². The minimum absolute atomic E-state index is 0.0162. The molecule has 1 aliphatic carbocycles. The van der Waals surface area contributed by atoms with Crippen molar-refractivity contribution in [3.8, 4) is 0 Å². The van der Waals surface area contributed by atoms with Gasteiger partial charge in [0.1, 0.15) is 5.76 Å². The Labute approximate surface area is 159 Å². The van der Waals surface area contributed by atoms with Crippen molar-refractivity contribution in [3.05, 3.63) is 47.2 Å². The maximum absolute atomic E-state index is 13.0. The van der Waals surface area contributed by atoms with Gasteiger partial charge in [0.25, 0.3) is 0 Å². The number of rotatable bonds is 5. The fourth-order valence-corrected chi connectivity index (χ4v) is 3.30. The number of hydrogen-bond donors (Lipinski definition) is 1. The molecule has 144 valence electrons. The second kappa shape index (κ2) is 6.83. The standard InChI is InChI=1S/C21H27N3O3/c1-14-12-17(23-27-14)22-18(25)13-24(5)19(26)21(10-11-21)16-8-6-15(7-9-16)20(2,3)4/h6-9,12H,10-11,13H2,1-5H3,(H,22,23,25). The molecule has 1 heterocycles. The molecule has 0 unspecified atom stereocenters. The summed E-state index contributed by atoms with van der Waals surface area (Å²) in [6, 6.07) is 9.94. The zero-order chi connectivity index (χ0) is 19.8. The first kappa shape index (κ1) is 19.1. The fourth-order valence-electron chi connectivity index (χ4n) is 3.30. The van der Waals surface area contributed by atoms with Crippen molar-refractivity contribution in [2.45, 2.75) is 51.4 Å². The van der Waals surface area contributed by atoms with E-state index in [0.29, 0.717) is 11.6 Å². The third-order valence-corrected chi connectivity index (χ3v) is 5.09. The van der Waals surface area contributed by atoms with Gasteiger partial charge in [-0.3, -0.25) is 9.59 Å². The molecule has 1 fully saturated rings. The predicted octanol–water partition coefficient (Wildman–Crippen LogP) is 3.41. The van der Waals surface area contributed by atoms with Crippen LogP contribution in [0.4, 0.5) is 5.82 Å². The van der Waals surface area contributed by atoms with Gasteiger partial charge < -0.3 is 14.7 Å². The van der Waals surface area contributed by atoms with Crippen molar-refractivity contribution in [1.82, 2.24) is 10.1 Å². The Morgan fingerprint density at radius 3 is 2.33 bits per heavy atom. The van der Waals surface area contributed by atoms with Crippen molar-refractivity contribution < 1.29 is 14.1 Å². The smallest absolute Gasteiger partial charge is 0.245 e. The van der Waals surface area contributed by atoms with E-state index in [9.17, 15) is 9.59 Å². The zero-order valence-corrected chi connectivity index (χ0v) is 16.6. The van der Waals surface area contributed by atoms with Crippen LogP contribution >= 0.6 is 0 Å². The minimum atomic E-state index is -0.490. The second-order valence-corrected chi connectivity index (χ2v) is 8.44. The Morgan fingerprint density at radius 2 is 1.85 bits per heavy atom. The van der Waals surface area contributed by atoms with Crippen LogP contribution in [-0.2, 0) is 20.4 Å². The van der Waals surface area contributed by atoms with Gasteiger partial charge in [-0.15, -0.1) is 0 Å². The third kappa shape index (κ3) is 4.04. The minimum Gasteiger partial charge on any atom is -0.360 e. The average molecular weight is 369 g/mol. The molecule has 1 aliphatic rings. The number of likely N-dealkylation sites (N-methyl/N-ethyl adjacent to an activating group) is 1. The van der Waals surface area contributed by atoms with Crippen molar-refractivity contribution in [2.75, 3.05) is 18.9 Å². The Kier molecular flexibility index (Phi) is 4.84. The van der Waals surface area contributed by atoms with Gasteiger partial charge in [0.2, 0.25) is 11.8 Å². The highest BCUT2D eigenvalue weighted by Crippen LogP contribution is 2.49. The quantitative estimate of drug-likeness (QED) is 0.876. The molecule has 0 aliphatic heterocycles. The summed E-state index contributed by atoms with van der Waals surface area (Å²) in [6.07, 6.45) is 1.63. The van der Waals surface area contributed by atoms with Crippen molar-refractivity contribution >= 4 is 17.6 Å². The number of anilines is 1. The Bertz CT molecular complexity index is 842. The van der Waals surface area contributed by atoms with E-state index in [4.69, 9.17) is 4.52 Å². The number of amides is 2. The molecule has 6 nitrogen and oxygen atoms in total. The van der Waals surface area contributed by atoms with Gasteiger partial charge >= 0.3 is 0 Å². The van der Waals surface area contributed by atoms with Gasteiger partial charge in [-0.05, 0) is 36.3 Å². The van der Waals surface area contributed by atoms with Crippen LogP contribution in [0, 0.1) is 6.92 Å². The predicted molar refractivity (Wildman–Crippen MR) is 104 cm³/mol. The molecule has 0 radical (unpaired) electrons. The fraction of sp³-hybridized carbons (Fsp3) is 0.476. The summed E-state index contributed by atoms with van der Waals surface area (Å²) in [4.78, 5) is 26.7. The number of aryl methyl sites for hydroxylation is 1. The first-order chi connectivity index (χ1) is 12.6. The van der Waals surface area contributed by atoms with Crippen LogP contribution in [0.3, 0.4) is 0 Å². The number of benzene rings is 1. The molecule has 0 atom stereocenters. The molecule has 27 heavy (non-hydrogen) atoms. The molecule has 2 amide bonds. The summed E-state index contributed by atoms with van der Waals surface area (Å²) in [5.41, 5.74) is 1.86. The molecule has 1 aromatic carbocycles. The van der Waals surface area contributed by atoms with Crippen molar-refractivity contribution in [2.24, 2.45) is 0 Å². The summed E-state index contributed by atoms with van der Waals surface area (Å²) < 4.78 is 4.93. The Hall–Kier alpha value is -2.63. The maximum atomic E-state index is 13.0. The van der Waals surface area contributed by atoms with E-state index in [1.54, 1.807) is 20.0 Å². The second-order valence-electron chi connectivity index (χ2n) is 8.44. The highest BCUT2D eigenvalue weighted by Gasteiger charge is 2.52. The van der Waals surface area contributed by atoms with Crippen LogP contribution in [0.1, 0.15) is 50.5 Å². The van der Waals surface area contributed by atoms with E-state index < -0.39 is 5.41 Å². The van der Waals surface area contributed by atoms with Crippen molar-refractivity contribution in [1.29, 1.82) is 0 Å². The highest BCUT2D eigenvalue weighted by atomic mass is 16.5. The molecule has 0 spiro atoms. The van der Waals surface area contributed by atoms with E-state index in [0.717, 1.165) is 18.4 Å². The normalized spacial score (nSPS) is 15.3. The lowest BCUT2D eigenvalue weighted by Crippen LogP contribution is -2.41. The number of hydrogen-bond acceptors (Lipinski definition) is 4. The number of nitrogens with one attached hydrogen (secondary N) is 1. The Balaban J connectivity index is 1.66. The van der Waals surface area contributed by atoms with Gasteiger partial charge in [-0.25, -0.2) is 0 Å². The van der Waals surface area contributed by atoms with E-state index >= 15 is 0 Å². The molecule has 6 heteroatoms. The number of carbonyl (C=O) groups is 2. The van der Waals surface area contributed by atoms with Gasteiger partial charge in [-0.2, -0.15) is 0 Å². The number of nitrogens with zero attached hydrogens (tertiary/aromatic N) is 2. The summed E-state index contributed by atoms with van der Waals surface area (Å²) in [7, 11) is 1.67. The monoisotopic (exact) mass is 369 g/mol. The summed E-state index contributed by atoms with van der Waals surface area (Å²) in [5.74, 6) is 0.665. The largest absolute Gasteiger partial charge is 0.360 e. The van der Waals surface area contributed by atoms with Crippen LogP contribution in [0.2, 0.25) is 0 Å². The van der Waals surface area contributed by atoms with E-state index in [-0.39, 0.29) is 23.8 Å². The maximum Gasteiger partial charge on any atom is 0.245 e. The number of carbonyl (C=O) groups excluding carboxylic acids is 2. The van der Waals surface area contributed by atoms with Crippen LogP contribution in [0.5, 0.6) is 0 Å². The van der Waals surface area contributed by atoms with E-state index in [2.05, 4.69) is 55.5 Å². The molecular weight excluding hydrogens is 342 g/mol. The molecule has 1 aromatic heterocycles. The van der Waals surface area contributed by atoms with Gasteiger partial charge in [-0.1, -0.05) is 50.2 Å². The SMILES string of the molecule is Cc1cc(NC(=O)CN(C)C(=O)C2(c3ccc(C(C)(C)C)cc3)CC2)no1. The number of aromatic nitrogens is 1. The first-order valence-corrected chi connectivity index (χ1v) is 9.21. The topological polar surface area (TPSA) is 75.4 Å². The molecule has 1 N–H and O–H groups in total. The first-order valence-electron chi connectivity index (χ1n) is 9.21. The van der Waals surface area contributed by atoms with Gasteiger partial charge in [0, 0.05) is 13.1 Å². The highest BCUT2D eigenvalue weighted by molar-refractivity contribution is 5.97. The lowest BCUT2D eigenvalue weighted by atomic mass is 9.84. The Morgan fingerprint density at radius 1 is 1.22 bits per heavy atom. The van der Waals surface area contributed by atoms with Crippen LogP contribution in [0.25, 0.3) is 0 Å². The summed E-state index contributed by atoms with van der Waals surface area (Å²) in [5, 5.41) is 6.38. The molecule has 3 rings (SSSR count). The molecular formula is C21H27N3O3. The third-order valence-electron chi connectivity index (χ3n) is 5.09. The van der Waals surface area contributed by atoms with E-state index in [1.165, 1.54) is 10.5 Å². The molecule has 1 saturated carbocycles. The zero-order valence-electron chi connectivity index (χ0n) is 16.6. The lowest BCUT2D eigenvalue weighted by molar-refractivity contribution is -0.135. The van der Waals surface area contributed by atoms with Crippen LogP contribution in [-0.4, -0.2) is 35.5 Å². The molecule has 0 saturated heterocycles. The molecule has 0 bridgehead atoms. The average Bonchev–Trinajstić information content (AvgIpc) is 3.31. The van der Waals surface area contributed by atoms with Crippen molar-refractivity contribution in [3.63, 3.8) is 0 Å². The summed E-state index contributed by atoms with van der Waals surface area (Å²) >= 11 is 0. The van der Waals surface area contributed by atoms with Crippen LogP contribution in [0.15, 0.2) is 34.9 Å². The summed E-state index contributed by atoms with van der Waals surface area (Å²) in [6.45, 7) is 8.24. The molecule has 2 aromatic rings. The van der Waals surface area contributed by atoms with Gasteiger partial charge in [0.05, 0.1) is 12.0 Å². The lowest BCUT2D eigenvalue weighted by Gasteiger charge is -2.24. The van der Waals surface area contributed by atoms with Gasteiger partial charge in [0.15, 0.2) is 5.82 Å². The van der Waals surface area contributed by atoms with E-state index in [1.807, 2.05) is 0 Å².